The van der Waals surface area contributed by atoms with E-state index in [-0.39, 0.29) is 11.6 Å². The quantitative estimate of drug-likeness (QED) is 0.532. The second kappa shape index (κ2) is 7.23. The van der Waals surface area contributed by atoms with Gasteiger partial charge in [0, 0.05) is 7.11 Å². The molecule has 11 heteroatoms. The smallest absolute Gasteiger partial charge is 0.351 e. The summed E-state index contributed by atoms with van der Waals surface area (Å²) in [5, 5.41) is 36.9. The van der Waals surface area contributed by atoms with Gasteiger partial charge >= 0.3 is 5.69 Å². The maximum atomic E-state index is 12.9. The lowest BCUT2D eigenvalue weighted by Gasteiger charge is -2.32. The first kappa shape index (κ1) is 22.3. The van der Waals surface area contributed by atoms with Crippen LogP contribution in [0.3, 0.4) is 0 Å². The first-order chi connectivity index (χ1) is 15.5. The van der Waals surface area contributed by atoms with E-state index in [4.69, 9.17) is 14.2 Å². The third-order valence-corrected chi connectivity index (χ3v) is 6.88. The number of methoxy groups -OCH3 is 1. The van der Waals surface area contributed by atoms with Gasteiger partial charge in [0.15, 0.2) is 23.5 Å². The zero-order chi connectivity index (χ0) is 23.9. The molecule has 4 heterocycles. The minimum atomic E-state index is -1.11. The Kier molecular flexibility index (Phi) is 4.88. The summed E-state index contributed by atoms with van der Waals surface area (Å²) in [5.41, 5.74) is 0.229. The van der Waals surface area contributed by atoms with E-state index in [0.29, 0.717) is 11.4 Å². The number of anilines is 2. The number of fused-ring (bicyclic) bond motifs is 3. The standard InChI is InChI=1S/C22H27N4O7/c1-21(2)10-6-12-13(7-11(10)22(3,4)26(21)30)32-14-8-25(20(29)24-18(14)23-12)19-17(31-5)16(28)15(9-27)33-19/h6-8,15-17,19,27-28H,9H2,1-5H3,(H,23,24,29)/t15-,16-,17-,19-/m1/s1. The van der Waals surface area contributed by atoms with Gasteiger partial charge in [0.1, 0.15) is 18.3 Å². The molecule has 3 aliphatic heterocycles. The molecule has 0 aliphatic carbocycles. The monoisotopic (exact) mass is 459 g/mol. The average Bonchev–Trinajstić information content (AvgIpc) is 3.16. The third kappa shape index (κ3) is 3.04. The van der Waals surface area contributed by atoms with E-state index < -0.39 is 47.9 Å². The summed E-state index contributed by atoms with van der Waals surface area (Å²) in [6.07, 6.45) is -2.45. The van der Waals surface area contributed by atoms with Gasteiger partial charge in [0.05, 0.1) is 29.6 Å². The van der Waals surface area contributed by atoms with Crippen LogP contribution in [0.25, 0.3) is 0 Å². The molecule has 1 radical (unpaired) electrons. The van der Waals surface area contributed by atoms with Crippen molar-refractivity contribution in [3.8, 4) is 11.5 Å². The van der Waals surface area contributed by atoms with Crippen molar-refractivity contribution in [3.05, 3.63) is 39.9 Å². The van der Waals surface area contributed by atoms with Crippen LogP contribution in [-0.4, -0.2) is 56.9 Å². The Bertz CT molecular complexity index is 1180. The van der Waals surface area contributed by atoms with Crippen molar-refractivity contribution in [1.82, 2.24) is 14.6 Å². The molecule has 1 saturated heterocycles. The summed E-state index contributed by atoms with van der Waals surface area (Å²) >= 11 is 0. The molecular formula is C22H27N4O7. The third-order valence-electron chi connectivity index (χ3n) is 6.88. The van der Waals surface area contributed by atoms with Crippen LogP contribution >= 0.6 is 0 Å². The number of ether oxygens (including phenoxy) is 3. The van der Waals surface area contributed by atoms with Gasteiger partial charge in [-0.25, -0.2) is 4.79 Å². The second-order valence-electron chi connectivity index (χ2n) is 9.62. The van der Waals surface area contributed by atoms with Crippen molar-refractivity contribution in [2.45, 2.75) is 63.3 Å². The van der Waals surface area contributed by atoms with Gasteiger partial charge < -0.3 is 29.7 Å². The molecule has 177 valence electrons. The van der Waals surface area contributed by atoms with Gasteiger partial charge in [-0.3, -0.25) is 4.57 Å². The van der Waals surface area contributed by atoms with E-state index in [1.165, 1.54) is 17.9 Å². The number of rotatable bonds is 3. The lowest BCUT2D eigenvalue weighted by atomic mass is 9.89. The van der Waals surface area contributed by atoms with Crippen molar-refractivity contribution < 1.29 is 29.6 Å². The number of aliphatic hydroxyl groups excluding tert-OH is 2. The highest BCUT2D eigenvalue weighted by atomic mass is 16.6. The van der Waals surface area contributed by atoms with Crippen molar-refractivity contribution in [2.24, 2.45) is 0 Å². The maximum Gasteiger partial charge on any atom is 0.351 e. The Hall–Kier alpha value is -2.54. The van der Waals surface area contributed by atoms with Gasteiger partial charge in [-0.05, 0) is 51.0 Å². The molecule has 4 atom stereocenters. The topological polar surface area (TPSA) is 138 Å². The van der Waals surface area contributed by atoms with Gasteiger partial charge in [-0.15, -0.1) is 10.3 Å². The number of nitrogens with one attached hydrogen (secondary N) is 1. The minimum Gasteiger partial charge on any atom is -0.450 e. The lowest BCUT2D eigenvalue weighted by molar-refractivity contribution is -0.266. The lowest BCUT2D eigenvalue weighted by Crippen LogP contribution is -2.41. The number of benzene rings is 1. The molecule has 0 amide bonds. The zero-order valence-corrected chi connectivity index (χ0v) is 19.0. The predicted octanol–water partition coefficient (Wildman–Crippen LogP) is 1.49. The van der Waals surface area contributed by atoms with Crippen LogP contribution in [0.1, 0.15) is 45.0 Å². The Labute approximate surface area is 190 Å². The van der Waals surface area contributed by atoms with Crippen LogP contribution in [0.4, 0.5) is 11.5 Å². The van der Waals surface area contributed by atoms with Crippen LogP contribution in [0.5, 0.6) is 11.5 Å². The number of aromatic nitrogens is 2. The van der Waals surface area contributed by atoms with E-state index in [0.717, 1.165) is 16.2 Å². The molecule has 33 heavy (non-hydrogen) atoms. The summed E-state index contributed by atoms with van der Waals surface area (Å²) < 4.78 is 18.2. The number of hydrogen-bond donors (Lipinski definition) is 3. The fraction of sp³-hybridized carbons (Fsp3) is 0.545. The highest BCUT2D eigenvalue weighted by molar-refractivity contribution is 5.75. The molecule has 2 aromatic rings. The Morgan fingerprint density at radius 3 is 2.48 bits per heavy atom. The van der Waals surface area contributed by atoms with Crippen LogP contribution in [-0.2, 0) is 25.8 Å². The molecule has 3 aliphatic rings. The van der Waals surface area contributed by atoms with Crippen LogP contribution in [0.15, 0.2) is 23.1 Å². The molecule has 11 nitrogen and oxygen atoms in total. The normalized spacial score (nSPS) is 29.1. The molecule has 0 unspecified atom stereocenters. The first-order valence-corrected chi connectivity index (χ1v) is 10.7. The van der Waals surface area contributed by atoms with Gasteiger partial charge in [0.2, 0.25) is 0 Å². The molecule has 0 bridgehead atoms. The largest absolute Gasteiger partial charge is 0.450 e. The van der Waals surface area contributed by atoms with E-state index in [1.54, 1.807) is 0 Å². The molecule has 1 fully saturated rings. The van der Waals surface area contributed by atoms with Gasteiger partial charge in [0.25, 0.3) is 0 Å². The van der Waals surface area contributed by atoms with E-state index in [1.807, 2.05) is 39.8 Å². The van der Waals surface area contributed by atoms with Crippen LogP contribution in [0.2, 0.25) is 0 Å². The second-order valence-corrected chi connectivity index (χ2v) is 9.62. The number of hydrogen-bond acceptors (Lipinski definition) is 9. The van der Waals surface area contributed by atoms with Crippen molar-refractivity contribution >= 4 is 11.5 Å². The number of hydroxylamine groups is 2. The molecule has 1 aromatic carbocycles. The van der Waals surface area contributed by atoms with E-state index in [9.17, 15) is 20.2 Å². The van der Waals surface area contributed by atoms with Gasteiger partial charge in [-0.1, -0.05) is 0 Å². The van der Waals surface area contributed by atoms with Gasteiger partial charge in [-0.2, -0.15) is 4.98 Å². The summed E-state index contributed by atoms with van der Waals surface area (Å²) in [6, 6.07) is 3.70. The number of nitrogens with zero attached hydrogens (tertiary/aromatic N) is 3. The summed E-state index contributed by atoms with van der Waals surface area (Å²) in [6.45, 7) is 7.06. The average molecular weight is 459 g/mol. The van der Waals surface area contributed by atoms with Crippen molar-refractivity contribution in [2.75, 3.05) is 19.0 Å². The summed E-state index contributed by atoms with van der Waals surface area (Å²) in [5.74, 6) is 0.997. The van der Waals surface area contributed by atoms with E-state index >= 15 is 0 Å². The fourth-order valence-electron chi connectivity index (χ4n) is 5.08. The summed E-state index contributed by atoms with van der Waals surface area (Å²) in [7, 11) is 1.39. The molecular weight excluding hydrogens is 432 g/mol. The van der Waals surface area contributed by atoms with Crippen LogP contribution < -0.4 is 15.7 Å². The van der Waals surface area contributed by atoms with Crippen molar-refractivity contribution in [1.29, 1.82) is 0 Å². The number of aliphatic hydroxyl groups is 2. The van der Waals surface area contributed by atoms with Crippen molar-refractivity contribution in [3.63, 3.8) is 0 Å². The highest BCUT2D eigenvalue weighted by Gasteiger charge is 2.51. The molecule has 5 rings (SSSR count). The summed E-state index contributed by atoms with van der Waals surface area (Å²) in [4.78, 5) is 16.9. The Balaban J connectivity index is 1.55. The molecule has 0 spiro atoms. The maximum absolute atomic E-state index is 12.9. The molecule has 3 N–H and O–H groups in total. The fourth-order valence-corrected chi connectivity index (χ4v) is 5.08. The zero-order valence-electron chi connectivity index (χ0n) is 19.0. The SMILES string of the molecule is CO[C@@H]1[C@H](O)[C@@H](CO)O[C@H]1n1cc2c(nc1=O)Nc1cc3c(cc1O2)C(C)(C)N([O])C3(C)C. The first-order valence-electron chi connectivity index (χ1n) is 10.7. The van der Waals surface area contributed by atoms with Crippen LogP contribution in [0, 0.1) is 0 Å². The Morgan fingerprint density at radius 2 is 1.85 bits per heavy atom. The minimum absolute atomic E-state index is 0.226. The molecule has 1 aromatic heterocycles. The Morgan fingerprint density at radius 1 is 1.18 bits per heavy atom. The predicted molar refractivity (Wildman–Crippen MR) is 115 cm³/mol. The molecule has 0 saturated carbocycles. The van der Waals surface area contributed by atoms with E-state index in [2.05, 4.69) is 10.3 Å². The highest BCUT2D eigenvalue weighted by Crippen LogP contribution is 2.53.